The molecule has 2 atom stereocenters. The van der Waals surface area contributed by atoms with Gasteiger partial charge in [0.15, 0.2) is 0 Å². The molecule has 116 valence electrons. The first-order valence-corrected chi connectivity index (χ1v) is 8.75. The fourth-order valence-electron chi connectivity index (χ4n) is 5.32. The van der Waals surface area contributed by atoms with Crippen LogP contribution in [0.2, 0.25) is 0 Å². The maximum atomic E-state index is 12.6. The lowest BCUT2D eigenvalue weighted by Gasteiger charge is -2.50. The van der Waals surface area contributed by atoms with Crippen molar-refractivity contribution in [1.29, 1.82) is 0 Å². The van der Waals surface area contributed by atoms with Crippen molar-refractivity contribution in [2.24, 2.45) is 0 Å². The smallest absolute Gasteiger partial charge is 0.223 e. The normalized spacial score (nSPS) is 28.4. The second-order valence-electron chi connectivity index (χ2n) is 7.29. The summed E-state index contributed by atoms with van der Waals surface area (Å²) in [6.07, 6.45) is 5.31. The molecule has 5 rings (SSSR count). The van der Waals surface area contributed by atoms with Crippen LogP contribution >= 0.6 is 0 Å². The van der Waals surface area contributed by atoms with Crippen molar-refractivity contribution in [2.45, 2.75) is 50.1 Å². The summed E-state index contributed by atoms with van der Waals surface area (Å²) < 4.78 is 0. The monoisotopic (exact) mass is 303 g/mol. The lowest BCUT2D eigenvalue weighted by Crippen LogP contribution is -2.49. The van der Waals surface area contributed by atoms with Crippen LogP contribution in [0.25, 0.3) is 0 Å². The zero-order valence-corrected chi connectivity index (χ0v) is 13.3. The van der Waals surface area contributed by atoms with Gasteiger partial charge < -0.3 is 4.90 Å². The van der Waals surface area contributed by atoms with Crippen molar-refractivity contribution in [3.63, 3.8) is 0 Å². The Morgan fingerprint density at radius 2 is 1.70 bits per heavy atom. The van der Waals surface area contributed by atoms with Gasteiger partial charge in [-0.1, -0.05) is 48.5 Å². The highest BCUT2D eigenvalue weighted by molar-refractivity contribution is 5.80. The number of fused-ring (bicyclic) bond motifs is 6. The van der Waals surface area contributed by atoms with Gasteiger partial charge in [-0.2, -0.15) is 0 Å². The van der Waals surface area contributed by atoms with E-state index in [1.165, 1.54) is 41.5 Å². The molecular formula is C21H21NO. The van der Waals surface area contributed by atoms with Crippen LogP contribution in [0.4, 0.5) is 0 Å². The highest BCUT2D eigenvalue weighted by atomic mass is 16.2. The Balaban J connectivity index is 1.74. The third-order valence-electron chi connectivity index (χ3n) is 6.25. The number of hydrogen-bond donors (Lipinski definition) is 0. The first kappa shape index (κ1) is 13.4. The molecule has 0 bridgehead atoms. The molecule has 2 aromatic carbocycles. The number of carbonyl (C=O) groups is 1. The maximum absolute atomic E-state index is 12.6. The van der Waals surface area contributed by atoms with Crippen LogP contribution in [0, 0.1) is 0 Å². The van der Waals surface area contributed by atoms with E-state index in [0.717, 1.165) is 13.0 Å². The molecule has 1 spiro atoms. The molecule has 2 nitrogen and oxygen atoms in total. The second-order valence-corrected chi connectivity index (χ2v) is 7.29. The molecule has 1 saturated heterocycles. The minimum atomic E-state index is 0.120. The Labute approximate surface area is 137 Å². The second kappa shape index (κ2) is 4.70. The molecule has 2 heteroatoms. The van der Waals surface area contributed by atoms with E-state index in [9.17, 15) is 4.79 Å². The van der Waals surface area contributed by atoms with Gasteiger partial charge in [0.1, 0.15) is 0 Å². The summed E-state index contributed by atoms with van der Waals surface area (Å²) in [4.78, 5) is 14.8. The first-order valence-electron chi connectivity index (χ1n) is 8.75. The number of carbonyl (C=O) groups excluding carboxylic acids is 1. The van der Waals surface area contributed by atoms with Crippen molar-refractivity contribution in [1.82, 2.24) is 4.90 Å². The van der Waals surface area contributed by atoms with E-state index in [1.807, 2.05) is 0 Å². The van der Waals surface area contributed by atoms with E-state index in [4.69, 9.17) is 0 Å². The maximum Gasteiger partial charge on any atom is 0.223 e. The van der Waals surface area contributed by atoms with E-state index < -0.39 is 0 Å². The van der Waals surface area contributed by atoms with Gasteiger partial charge in [0.2, 0.25) is 5.91 Å². The molecule has 2 aromatic rings. The average molecular weight is 303 g/mol. The largest absolute Gasteiger partial charge is 0.330 e. The van der Waals surface area contributed by atoms with Crippen LogP contribution in [0.3, 0.4) is 0 Å². The number of piperidine rings is 1. The average Bonchev–Trinajstić information content (AvgIpc) is 3.00. The molecule has 1 aliphatic carbocycles. The highest BCUT2D eigenvalue weighted by Crippen LogP contribution is 2.57. The Morgan fingerprint density at radius 3 is 2.61 bits per heavy atom. The molecule has 0 N–H and O–H groups in total. The van der Waals surface area contributed by atoms with Crippen molar-refractivity contribution in [2.75, 3.05) is 0 Å². The summed E-state index contributed by atoms with van der Waals surface area (Å²) in [5, 5.41) is 0. The van der Waals surface area contributed by atoms with E-state index in [2.05, 4.69) is 53.4 Å². The Bertz CT molecular complexity index is 796. The topological polar surface area (TPSA) is 20.3 Å². The minimum absolute atomic E-state index is 0.120. The number of aryl methyl sites for hydroxylation is 1. The predicted molar refractivity (Wildman–Crippen MR) is 90.0 cm³/mol. The molecule has 23 heavy (non-hydrogen) atoms. The molecule has 3 aliphatic rings. The first-order chi connectivity index (χ1) is 11.3. The summed E-state index contributed by atoms with van der Waals surface area (Å²) in [5.41, 5.74) is 5.85. The van der Waals surface area contributed by atoms with Gasteiger partial charge in [-0.05, 0) is 47.9 Å². The Kier molecular flexibility index (Phi) is 2.73. The fourth-order valence-corrected chi connectivity index (χ4v) is 5.32. The molecule has 0 aromatic heterocycles. The van der Waals surface area contributed by atoms with Gasteiger partial charge in [0.05, 0.1) is 6.04 Å². The number of nitrogens with zero attached hydrogens (tertiary/aromatic N) is 1. The molecule has 1 amide bonds. The van der Waals surface area contributed by atoms with Crippen LogP contribution < -0.4 is 0 Å². The molecule has 0 radical (unpaired) electrons. The zero-order chi connectivity index (χ0) is 15.4. The fraction of sp³-hybridized carbons (Fsp3) is 0.381. The van der Waals surface area contributed by atoms with Crippen molar-refractivity contribution in [3.8, 4) is 0 Å². The van der Waals surface area contributed by atoms with Crippen LogP contribution in [-0.2, 0) is 23.2 Å². The Morgan fingerprint density at radius 1 is 0.913 bits per heavy atom. The molecule has 0 saturated carbocycles. The quantitative estimate of drug-likeness (QED) is 0.716. The summed E-state index contributed by atoms with van der Waals surface area (Å²) in [5.74, 6) is 0.333. The molecule has 2 aliphatic heterocycles. The highest BCUT2D eigenvalue weighted by Gasteiger charge is 2.53. The van der Waals surface area contributed by atoms with Crippen molar-refractivity contribution in [3.05, 3.63) is 70.8 Å². The van der Waals surface area contributed by atoms with Gasteiger partial charge in [-0.3, -0.25) is 4.79 Å². The standard InChI is InChI=1S/C21H21NO/c23-19-11-13-21(12-5-8-15-6-2-4-10-18(15)21)20-17-9-3-1-7-16(17)14-22(19)20/h1-4,6-7,9-10,20H,5,8,11-14H2/t20-,21+/m1/s1. The SMILES string of the molecule is O=C1CC[C@]2(CCCc3ccccc32)[C@H]2c3ccccc3CN12. The number of benzene rings is 2. The zero-order valence-electron chi connectivity index (χ0n) is 13.3. The van der Waals surface area contributed by atoms with Crippen molar-refractivity contribution >= 4 is 5.91 Å². The molecule has 1 fully saturated rings. The lowest BCUT2D eigenvalue weighted by molar-refractivity contribution is -0.140. The van der Waals surface area contributed by atoms with E-state index >= 15 is 0 Å². The van der Waals surface area contributed by atoms with E-state index in [1.54, 1.807) is 0 Å². The molecule has 0 unspecified atom stereocenters. The van der Waals surface area contributed by atoms with E-state index in [-0.39, 0.29) is 11.5 Å². The summed E-state index contributed by atoms with van der Waals surface area (Å²) in [7, 11) is 0. The van der Waals surface area contributed by atoms with Gasteiger partial charge in [0.25, 0.3) is 0 Å². The van der Waals surface area contributed by atoms with Crippen LogP contribution in [0.1, 0.15) is 54.0 Å². The number of amides is 1. The van der Waals surface area contributed by atoms with Crippen LogP contribution in [-0.4, -0.2) is 10.8 Å². The van der Waals surface area contributed by atoms with Gasteiger partial charge >= 0.3 is 0 Å². The van der Waals surface area contributed by atoms with Crippen molar-refractivity contribution < 1.29 is 4.79 Å². The van der Waals surface area contributed by atoms with E-state index in [0.29, 0.717) is 12.3 Å². The third-order valence-corrected chi connectivity index (χ3v) is 6.25. The summed E-state index contributed by atoms with van der Waals surface area (Å²) in [6, 6.07) is 17.9. The van der Waals surface area contributed by atoms with Crippen LogP contribution in [0.5, 0.6) is 0 Å². The summed E-state index contributed by atoms with van der Waals surface area (Å²) >= 11 is 0. The third kappa shape index (κ3) is 1.72. The number of hydrogen-bond acceptors (Lipinski definition) is 1. The predicted octanol–water partition coefficient (Wildman–Crippen LogP) is 4.14. The Hall–Kier alpha value is -2.09. The molecular weight excluding hydrogens is 282 g/mol. The van der Waals surface area contributed by atoms with Gasteiger partial charge in [-0.25, -0.2) is 0 Å². The minimum Gasteiger partial charge on any atom is -0.330 e. The lowest BCUT2D eigenvalue weighted by atomic mass is 9.60. The summed E-state index contributed by atoms with van der Waals surface area (Å²) in [6.45, 7) is 0.795. The van der Waals surface area contributed by atoms with Gasteiger partial charge in [-0.15, -0.1) is 0 Å². The van der Waals surface area contributed by atoms with Gasteiger partial charge in [0, 0.05) is 18.4 Å². The number of rotatable bonds is 0. The molecule has 2 heterocycles. The van der Waals surface area contributed by atoms with Crippen LogP contribution in [0.15, 0.2) is 48.5 Å².